The number of carbonyl (C=O) groups is 2. The molecule has 3 amide bonds. The Morgan fingerprint density at radius 1 is 1.16 bits per heavy atom. The second kappa shape index (κ2) is 9.66. The third-order valence-electron chi connectivity index (χ3n) is 4.63. The van der Waals surface area contributed by atoms with E-state index >= 15 is 0 Å². The van der Waals surface area contributed by atoms with E-state index < -0.39 is 0 Å². The van der Waals surface area contributed by atoms with Crippen molar-refractivity contribution in [1.82, 2.24) is 15.1 Å². The molecule has 1 fully saturated rings. The van der Waals surface area contributed by atoms with Gasteiger partial charge in [0.1, 0.15) is 0 Å². The van der Waals surface area contributed by atoms with E-state index in [9.17, 15) is 9.59 Å². The molecule has 138 valence electrons. The highest BCUT2D eigenvalue weighted by Gasteiger charge is 2.24. The minimum atomic E-state index is -0.101. The van der Waals surface area contributed by atoms with Crippen LogP contribution in [0.2, 0.25) is 5.02 Å². The minimum absolute atomic E-state index is 0.0607. The van der Waals surface area contributed by atoms with Crippen LogP contribution in [-0.4, -0.2) is 47.9 Å². The molecule has 0 bridgehead atoms. The van der Waals surface area contributed by atoms with Gasteiger partial charge in [0.25, 0.3) is 0 Å². The molecule has 1 aromatic rings. The van der Waals surface area contributed by atoms with Crippen molar-refractivity contribution in [3.05, 3.63) is 34.9 Å². The summed E-state index contributed by atoms with van der Waals surface area (Å²) in [6.45, 7) is 7.06. The fourth-order valence-corrected chi connectivity index (χ4v) is 3.34. The summed E-state index contributed by atoms with van der Waals surface area (Å²) in [5.41, 5.74) is 0.900. The Balaban J connectivity index is 1.84. The first-order valence-corrected chi connectivity index (χ1v) is 9.45. The summed E-state index contributed by atoms with van der Waals surface area (Å²) in [6.07, 6.45) is 2.73. The van der Waals surface area contributed by atoms with Gasteiger partial charge in [-0.15, -0.1) is 0 Å². The molecule has 1 aliphatic heterocycles. The molecule has 0 aliphatic carbocycles. The Kier molecular flexibility index (Phi) is 7.56. The smallest absolute Gasteiger partial charge is 0.317 e. The Morgan fingerprint density at radius 2 is 1.84 bits per heavy atom. The van der Waals surface area contributed by atoms with Gasteiger partial charge in [-0.05, 0) is 24.5 Å². The van der Waals surface area contributed by atoms with Crippen molar-refractivity contribution < 1.29 is 9.59 Å². The van der Waals surface area contributed by atoms with Crippen molar-refractivity contribution in [3.63, 3.8) is 0 Å². The van der Waals surface area contributed by atoms with E-state index in [2.05, 4.69) is 12.2 Å². The van der Waals surface area contributed by atoms with Crippen LogP contribution in [0.4, 0.5) is 4.79 Å². The van der Waals surface area contributed by atoms with Crippen molar-refractivity contribution in [2.45, 2.75) is 39.7 Å². The lowest BCUT2D eigenvalue weighted by molar-refractivity contribution is -0.135. The molecule has 1 atom stereocenters. The van der Waals surface area contributed by atoms with Crippen LogP contribution in [0.3, 0.4) is 0 Å². The highest BCUT2D eigenvalue weighted by Crippen LogP contribution is 2.15. The van der Waals surface area contributed by atoms with E-state index in [1.54, 1.807) is 4.90 Å². The average molecular weight is 366 g/mol. The van der Waals surface area contributed by atoms with E-state index in [4.69, 9.17) is 11.6 Å². The number of rotatable bonds is 5. The second-order valence-electron chi connectivity index (χ2n) is 6.61. The standard InChI is InChI=1S/C19H28ClN3O2/c1-3-7-15(2)18(24)22-10-6-11-23(13-12-22)19(25)21-14-16-8-4-5-9-17(16)20/h4-5,8-9,15H,3,6-7,10-14H2,1-2H3,(H,21,25). The summed E-state index contributed by atoms with van der Waals surface area (Å²) < 4.78 is 0. The predicted octanol–water partition coefficient (Wildman–Crippen LogP) is 3.52. The van der Waals surface area contributed by atoms with Gasteiger partial charge in [-0.1, -0.05) is 50.1 Å². The zero-order valence-corrected chi connectivity index (χ0v) is 15.9. The van der Waals surface area contributed by atoms with Gasteiger partial charge in [-0.3, -0.25) is 4.79 Å². The van der Waals surface area contributed by atoms with Gasteiger partial charge in [-0.2, -0.15) is 0 Å². The molecule has 1 aromatic carbocycles. The maximum Gasteiger partial charge on any atom is 0.317 e. The van der Waals surface area contributed by atoms with Crippen molar-refractivity contribution >= 4 is 23.5 Å². The quantitative estimate of drug-likeness (QED) is 0.867. The first-order chi connectivity index (χ1) is 12.0. The van der Waals surface area contributed by atoms with Gasteiger partial charge in [0.2, 0.25) is 5.91 Å². The van der Waals surface area contributed by atoms with Crippen LogP contribution in [0.25, 0.3) is 0 Å². The number of amides is 3. The zero-order chi connectivity index (χ0) is 18.2. The van der Waals surface area contributed by atoms with Crippen molar-refractivity contribution in [3.8, 4) is 0 Å². The van der Waals surface area contributed by atoms with E-state index in [-0.39, 0.29) is 17.9 Å². The monoisotopic (exact) mass is 365 g/mol. The van der Waals surface area contributed by atoms with Crippen LogP contribution in [0.5, 0.6) is 0 Å². The minimum Gasteiger partial charge on any atom is -0.341 e. The Hall–Kier alpha value is -1.75. The predicted molar refractivity (Wildman–Crippen MR) is 101 cm³/mol. The van der Waals surface area contributed by atoms with Crippen LogP contribution in [0.1, 0.15) is 38.7 Å². The molecule has 1 heterocycles. The van der Waals surface area contributed by atoms with Gasteiger partial charge in [-0.25, -0.2) is 4.79 Å². The SMILES string of the molecule is CCCC(C)C(=O)N1CCCN(C(=O)NCc2ccccc2Cl)CC1. The molecule has 0 spiro atoms. The fraction of sp³-hybridized carbons (Fsp3) is 0.579. The summed E-state index contributed by atoms with van der Waals surface area (Å²) in [5.74, 6) is 0.269. The first kappa shape index (κ1) is 19.6. The number of hydrogen-bond acceptors (Lipinski definition) is 2. The number of nitrogens with one attached hydrogen (secondary N) is 1. The highest BCUT2D eigenvalue weighted by molar-refractivity contribution is 6.31. The fourth-order valence-electron chi connectivity index (χ4n) is 3.13. The summed E-state index contributed by atoms with van der Waals surface area (Å²) in [7, 11) is 0. The van der Waals surface area contributed by atoms with E-state index in [0.29, 0.717) is 31.2 Å². The van der Waals surface area contributed by atoms with Crippen molar-refractivity contribution in [2.75, 3.05) is 26.2 Å². The lowest BCUT2D eigenvalue weighted by atomic mass is 10.0. The van der Waals surface area contributed by atoms with Gasteiger partial charge in [0.15, 0.2) is 0 Å². The van der Waals surface area contributed by atoms with Crippen LogP contribution >= 0.6 is 11.6 Å². The third-order valence-corrected chi connectivity index (χ3v) is 4.99. The van der Waals surface area contributed by atoms with E-state index in [1.165, 1.54) is 0 Å². The summed E-state index contributed by atoms with van der Waals surface area (Å²) in [6, 6.07) is 7.39. The molecule has 1 aliphatic rings. The molecule has 2 rings (SSSR count). The normalized spacial score (nSPS) is 16.3. The molecule has 1 N–H and O–H groups in total. The molecule has 6 heteroatoms. The molecule has 0 saturated carbocycles. The molecule has 25 heavy (non-hydrogen) atoms. The van der Waals surface area contributed by atoms with E-state index in [1.807, 2.05) is 36.1 Å². The average Bonchev–Trinajstić information content (AvgIpc) is 2.86. The van der Waals surface area contributed by atoms with Crippen molar-refractivity contribution in [1.29, 1.82) is 0 Å². The van der Waals surface area contributed by atoms with Gasteiger partial charge < -0.3 is 15.1 Å². The topological polar surface area (TPSA) is 52.7 Å². The Bertz CT molecular complexity index is 594. The van der Waals surface area contributed by atoms with Gasteiger partial charge in [0, 0.05) is 43.7 Å². The Labute approximate surface area is 155 Å². The van der Waals surface area contributed by atoms with Crippen LogP contribution in [0, 0.1) is 5.92 Å². The molecule has 1 unspecified atom stereocenters. The van der Waals surface area contributed by atoms with Crippen molar-refractivity contribution in [2.24, 2.45) is 5.92 Å². The third kappa shape index (κ3) is 5.63. The van der Waals surface area contributed by atoms with Crippen LogP contribution < -0.4 is 5.32 Å². The number of halogens is 1. The lowest BCUT2D eigenvalue weighted by Crippen LogP contribution is -2.43. The van der Waals surface area contributed by atoms with Gasteiger partial charge in [0.05, 0.1) is 0 Å². The lowest BCUT2D eigenvalue weighted by Gasteiger charge is -2.24. The summed E-state index contributed by atoms with van der Waals surface area (Å²) in [5, 5.41) is 3.58. The molecule has 0 aromatic heterocycles. The largest absolute Gasteiger partial charge is 0.341 e. The number of urea groups is 1. The number of benzene rings is 1. The second-order valence-corrected chi connectivity index (χ2v) is 7.01. The van der Waals surface area contributed by atoms with E-state index in [0.717, 1.165) is 31.4 Å². The molecule has 5 nitrogen and oxygen atoms in total. The molecule has 0 radical (unpaired) electrons. The zero-order valence-electron chi connectivity index (χ0n) is 15.1. The molecular weight excluding hydrogens is 338 g/mol. The number of hydrogen-bond donors (Lipinski definition) is 1. The molecule has 1 saturated heterocycles. The van der Waals surface area contributed by atoms with Crippen LogP contribution in [-0.2, 0) is 11.3 Å². The maximum atomic E-state index is 12.5. The Morgan fingerprint density at radius 3 is 2.56 bits per heavy atom. The number of carbonyl (C=O) groups excluding carboxylic acids is 2. The summed E-state index contributed by atoms with van der Waals surface area (Å²) in [4.78, 5) is 28.6. The van der Waals surface area contributed by atoms with Gasteiger partial charge >= 0.3 is 6.03 Å². The summed E-state index contributed by atoms with van der Waals surface area (Å²) >= 11 is 6.12. The van der Waals surface area contributed by atoms with Crippen LogP contribution in [0.15, 0.2) is 24.3 Å². The highest BCUT2D eigenvalue weighted by atomic mass is 35.5. The maximum absolute atomic E-state index is 12.5. The number of nitrogens with zero attached hydrogens (tertiary/aromatic N) is 2. The molecular formula is C19H28ClN3O2. The first-order valence-electron chi connectivity index (χ1n) is 9.08.